The molecule has 0 fully saturated rings. The Morgan fingerprint density at radius 3 is 2.88 bits per heavy atom. The molecule has 0 aliphatic carbocycles. The van der Waals surface area contributed by atoms with E-state index >= 15 is 0 Å². The standard InChI is InChI=1S/C11H13N3O2/c1-7(2)3-9-6-14-5-8(10(15)16)4-12-11(14)13-9/h4-7H,3H2,1-2H3,(H,15,16). The number of carboxylic acid groups (broad SMARTS) is 1. The number of imidazole rings is 1. The maximum absolute atomic E-state index is 10.8. The molecule has 0 amide bonds. The number of aromatic nitrogens is 3. The first kappa shape index (κ1) is 10.6. The second kappa shape index (κ2) is 3.92. The number of rotatable bonds is 3. The molecule has 0 aromatic carbocycles. The minimum atomic E-state index is -0.978. The van der Waals surface area contributed by atoms with Gasteiger partial charge in [-0.1, -0.05) is 13.8 Å². The summed E-state index contributed by atoms with van der Waals surface area (Å²) in [6.45, 7) is 4.22. The quantitative estimate of drug-likeness (QED) is 0.851. The molecule has 0 saturated carbocycles. The average Bonchev–Trinajstić information content (AvgIpc) is 2.56. The van der Waals surface area contributed by atoms with Gasteiger partial charge in [0.25, 0.3) is 0 Å². The van der Waals surface area contributed by atoms with E-state index in [1.54, 1.807) is 4.40 Å². The van der Waals surface area contributed by atoms with Gasteiger partial charge in [0.2, 0.25) is 5.78 Å². The molecule has 5 nitrogen and oxygen atoms in total. The molecule has 0 aliphatic rings. The van der Waals surface area contributed by atoms with Crippen LogP contribution in [0.2, 0.25) is 0 Å². The van der Waals surface area contributed by atoms with Gasteiger partial charge in [0.15, 0.2) is 0 Å². The van der Waals surface area contributed by atoms with Crippen molar-refractivity contribution >= 4 is 11.7 Å². The summed E-state index contributed by atoms with van der Waals surface area (Å²) in [6.07, 6.45) is 5.55. The molecule has 2 aromatic heterocycles. The minimum Gasteiger partial charge on any atom is -0.478 e. The van der Waals surface area contributed by atoms with Crippen molar-refractivity contribution in [2.45, 2.75) is 20.3 Å². The van der Waals surface area contributed by atoms with E-state index in [2.05, 4.69) is 23.8 Å². The van der Waals surface area contributed by atoms with Gasteiger partial charge < -0.3 is 5.11 Å². The normalized spacial score (nSPS) is 11.2. The number of hydrogen-bond donors (Lipinski definition) is 1. The van der Waals surface area contributed by atoms with E-state index in [4.69, 9.17) is 5.11 Å². The van der Waals surface area contributed by atoms with Crippen molar-refractivity contribution in [2.75, 3.05) is 0 Å². The second-order valence-corrected chi connectivity index (χ2v) is 4.19. The predicted octanol–water partition coefficient (Wildman–Crippen LogP) is 1.63. The van der Waals surface area contributed by atoms with Crippen molar-refractivity contribution < 1.29 is 9.90 Å². The first-order valence-corrected chi connectivity index (χ1v) is 5.13. The molecule has 2 aromatic rings. The van der Waals surface area contributed by atoms with Gasteiger partial charge in [-0.3, -0.25) is 4.40 Å². The molecule has 5 heteroatoms. The summed E-state index contributed by atoms with van der Waals surface area (Å²) in [5.41, 5.74) is 1.10. The predicted molar refractivity (Wildman–Crippen MR) is 58.5 cm³/mol. The smallest absolute Gasteiger partial charge is 0.338 e. The SMILES string of the molecule is CC(C)Cc1cn2cc(C(=O)O)cnc2n1. The van der Waals surface area contributed by atoms with Crippen LogP contribution in [0.4, 0.5) is 0 Å². The molecule has 16 heavy (non-hydrogen) atoms. The Kier molecular flexibility index (Phi) is 2.60. The van der Waals surface area contributed by atoms with Crippen LogP contribution in [0.25, 0.3) is 5.78 Å². The fourth-order valence-corrected chi connectivity index (χ4v) is 1.56. The van der Waals surface area contributed by atoms with E-state index in [1.807, 2.05) is 6.20 Å². The number of carboxylic acids is 1. The van der Waals surface area contributed by atoms with Crippen LogP contribution in [0.3, 0.4) is 0 Å². The van der Waals surface area contributed by atoms with Crippen LogP contribution in [0.15, 0.2) is 18.6 Å². The highest BCUT2D eigenvalue weighted by atomic mass is 16.4. The number of fused-ring (bicyclic) bond motifs is 1. The Bertz CT molecular complexity index is 531. The Labute approximate surface area is 92.8 Å². The van der Waals surface area contributed by atoms with Gasteiger partial charge in [0.1, 0.15) is 0 Å². The van der Waals surface area contributed by atoms with E-state index in [1.165, 1.54) is 12.4 Å². The minimum absolute atomic E-state index is 0.168. The first-order chi connectivity index (χ1) is 7.56. The maximum Gasteiger partial charge on any atom is 0.338 e. The maximum atomic E-state index is 10.8. The van der Waals surface area contributed by atoms with Crippen molar-refractivity contribution in [3.63, 3.8) is 0 Å². The fraction of sp³-hybridized carbons (Fsp3) is 0.364. The summed E-state index contributed by atoms with van der Waals surface area (Å²) in [5, 5.41) is 8.82. The molecule has 1 N–H and O–H groups in total. The third-order valence-electron chi connectivity index (χ3n) is 2.22. The van der Waals surface area contributed by atoms with E-state index in [0.29, 0.717) is 11.7 Å². The lowest BCUT2D eigenvalue weighted by molar-refractivity contribution is 0.0696. The van der Waals surface area contributed by atoms with Gasteiger partial charge in [-0.15, -0.1) is 0 Å². The lowest BCUT2D eigenvalue weighted by Gasteiger charge is -1.97. The van der Waals surface area contributed by atoms with E-state index in [-0.39, 0.29) is 5.56 Å². The third-order valence-corrected chi connectivity index (χ3v) is 2.22. The van der Waals surface area contributed by atoms with Crippen LogP contribution < -0.4 is 0 Å². The summed E-state index contributed by atoms with van der Waals surface area (Å²) in [6, 6.07) is 0. The molecule has 2 rings (SSSR count). The van der Waals surface area contributed by atoms with Gasteiger partial charge in [-0.05, 0) is 12.3 Å². The number of aromatic carboxylic acids is 1. The topological polar surface area (TPSA) is 67.5 Å². The number of carbonyl (C=O) groups is 1. The second-order valence-electron chi connectivity index (χ2n) is 4.19. The van der Waals surface area contributed by atoms with E-state index < -0.39 is 5.97 Å². The molecule has 0 bridgehead atoms. The van der Waals surface area contributed by atoms with Gasteiger partial charge in [0, 0.05) is 18.6 Å². The van der Waals surface area contributed by atoms with E-state index in [0.717, 1.165) is 12.1 Å². The largest absolute Gasteiger partial charge is 0.478 e. The van der Waals surface area contributed by atoms with Crippen molar-refractivity contribution in [1.29, 1.82) is 0 Å². The highest BCUT2D eigenvalue weighted by molar-refractivity contribution is 5.86. The first-order valence-electron chi connectivity index (χ1n) is 5.13. The number of hydrogen-bond acceptors (Lipinski definition) is 3. The van der Waals surface area contributed by atoms with Crippen molar-refractivity contribution in [2.24, 2.45) is 5.92 Å². The van der Waals surface area contributed by atoms with Crippen molar-refractivity contribution in [1.82, 2.24) is 14.4 Å². The van der Waals surface area contributed by atoms with Crippen LogP contribution in [0.1, 0.15) is 29.9 Å². The lowest BCUT2D eigenvalue weighted by Crippen LogP contribution is -1.99. The Balaban J connectivity index is 2.42. The molecule has 84 valence electrons. The van der Waals surface area contributed by atoms with Gasteiger partial charge in [-0.25, -0.2) is 14.8 Å². The van der Waals surface area contributed by atoms with Crippen LogP contribution in [0, 0.1) is 5.92 Å². The molecular formula is C11H13N3O2. The van der Waals surface area contributed by atoms with Gasteiger partial charge in [-0.2, -0.15) is 0 Å². The van der Waals surface area contributed by atoms with Crippen LogP contribution in [-0.2, 0) is 6.42 Å². The number of nitrogens with zero attached hydrogens (tertiary/aromatic N) is 3. The average molecular weight is 219 g/mol. The molecule has 0 aliphatic heterocycles. The molecule has 0 unspecified atom stereocenters. The summed E-state index contributed by atoms with van der Waals surface area (Å²) >= 11 is 0. The zero-order valence-electron chi connectivity index (χ0n) is 9.21. The molecule has 0 radical (unpaired) electrons. The Hall–Kier alpha value is -1.91. The fourth-order valence-electron chi connectivity index (χ4n) is 1.56. The van der Waals surface area contributed by atoms with Crippen LogP contribution in [0.5, 0.6) is 0 Å². The van der Waals surface area contributed by atoms with Crippen molar-refractivity contribution in [3.05, 3.63) is 29.8 Å². The molecule has 0 atom stereocenters. The monoisotopic (exact) mass is 219 g/mol. The molecule has 0 spiro atoms. The highest BCUT2D eigenvalue weighted by Crippen LogP contribution is 2.09. The zero-order chi connectivity index (χ0) is 11.7. The van der Waals surface area contributed by atoms with Gasteiger partial charge >= 0.3 is 5.97 Å². The lowest BCUT2D eigenvalue weighted by atomic mass is 10.1. The van der Waals surface area contributed by atoms with Gasteiger partial charge in [0.05, 0.1) is 11.3 Å². The molecular weight excluding hydrogens is 206 g/mol. The summed E-state index contributed by atoms with van der Waals surface area (Å²) in [5.74, 6) is 0.0815. The Morgan fingerprint density at radius 2 is 2.25 bits per heavy atom. The van der Waals surface area contributed by atoms with Crippen LogP contribution in [-0.4, -0.2) is 25.4 Å². The van der Waals surface area contributed by atoms with Crippen molar-refractivity contribution in [3.8, 4) is 0 Å². The third kappa shape index (κ3) is 2.03. The molecule has 2 heterocycles. The highest BCUT2D eigenvalue weighted by Gasteiger charge is 2.08. The zero-order valence-corrected chi connectivity index (χ0v) is 9.21. The van der Waals surface area contributed by atoms with E-state index in [9.17, 15) is 4.79 Å². The summed E-state index contributed by atoms with van der Waals surface area (Å²) in [4.78, 5) is 19.1. The molecule has 0 saturated heterocycles. The van der Waals surface area contributed by atoms with Crippen LogP contribution >= 0.6 is 0 Å². The Morgan fingerprint density at radius 1 is 1.50 bits per heavy atom. The summed E-state index contributed by atoms with van der Waals surface area (Å²) < 4.78 is 1.65. The summed E-state index contributed by atoms with van der Waals surface area (Å²) in [7, 11) is 0.